The van der Waals surface area contributed by atoms with Gasteiger partial charge in [0.15, 0.2) is 0 Å². The van der Waals surface area contributed by atoms with Crippen molar-refractivity contribution in [2.24, 2.45) is 0 Å². The lowest BCUT2D eigenvalue weighted by atomic mass is 10.1. The Balaban J connectivity index is 1.99. The fourth-order valence-corrected chi connectivity index (χ4v) is 2.49. The van der Waals surface area contributed by atoms with Crippen molar-refractivity contribution in [1.82, 2.24) is 15.3 Å². The zero-order chi connectivity index (χ0) is 12.1. The molecule has 0 bridgehead atoms. The number of aromatic nitrogens is 2. The van der Waals surface area contributed by atoms with Gasteiger partial charge in [-0.25, -0.2) is 0 Å². The number of nitrogens with one attached hydrogen (secondary N) is 1. The fourth-order valence-electron chi connectivity index (χ4n) is 1.76. The Hall–Kier alpha value is -1.26. The van der Waals surface area contributed by atoms with Gasteiger partial charge in [-0.1, -0.05) is 6.07 Å². The first-order chi connectivity index (χ1) is 8.29. The summed E-state index contributed by atoms with van der Waals surface area (Å²) in [6.45, 7) is 1.96. The summed E-state index contributed by atoms with van der Waals surface area (Å²) in [7, 11) is 1.97. The zero-order valence-electron chi connectivity index (χ0n) is 10.2. The van der Waals surface area contributed by atoms with Crippen LogP contribution in [0.2, 0.25) is 0 Å². The van der Waals surface area contributed by atoms with Gasteiger partial charge < -0.3 is 5.32 Å². The molecule has 4 heteroatoms. The Labute approximate surface area is 106 Å². The molecule has 1 atom stereocenters. The maximum absolute atomic E-state index is 4.43. The van der Waals surface area contributed by atoms with Crippen molar-refractivity contribution in [3.8, 4) is 0 Å². The summed E-state index contributed by atoms with van der Waals surface area (Å²) in [6.07, 6.45) is 5.82. The molecule has 2 aromatic heterocycles. The van der Waals surface area contributed by atoms with E-state index in [1.54, 1.807) is 0 Å². The molecule has 0 amide bonds. The first-order valence-corrected chi connectivity index (χ1v) is 6.65. The largest absolute Gasteiger partial charge is 0.312 e. The maximum atomic E-state index is 4.43. The molecule has 0 spiro atoms. The first kappa shape index (κ1) is 12.2. The van der Waals surface area contributed by atoms with Gasteiger partial charge in [-0.15, -0.1) is 11.3 Å². The van der Waals surface area contributed by atoms with Crippen LogP contribution in [0.1, 0.15) is 28.7 Å². The molecule has 0 fully saturated rings. The van der Waals surface area contributed by atoms with Crippen molar-refractivity contribution in [2.45, 2.75) is 25.8 Å². The SMILES string of the molecule is CNC(CCc1cccs1)c1cnc(C)cn1. The summed E-state index contributed by atoms with van der Waals surface area (Å²) >= 11 is 1.81. The van der Waals surface area contributed by atoms with E-state index in [0.29, 0.717) is 0 Å². The minimum absolute atomic E-state index is 0.283. The van der Waals surface area contributed by atoms with E-state index in [1.165, 1.54) is 4.88 Å². The van der Waals surface area contributed by atoms with E-state index in [4.69, 9.17) is 0 Å². The van der Waals surface area contributed by atoms with Crippen LogP contribution in [-0.4, -0.2) is 17.0 Å². The highest BCUT2D eigenvalue weighted by Crippen LogP contribution is 2.18. The lowest BCUT2D eigenvalue weighted by Crippen LogP contribution is -2.18. The van der Waals surface area contributed by atoms with Crippen LogP contribution < -0.4 is 5.32 Å². The second-order valence-electron chi connectivity index (χ2n) is 4.04. The molecule has 0 saturated heterocycles. The van der Waals surface area contributed by atoms with E-state index in [9.17, 15) is 0 Å². The molecule has 1 unspecified atom stereocenters. The van der Waals surface area contributed by atoms with Crippen LogP contribution in [0, 0.1) is 6.92 Å². The predicted octanol–water partition coefficient (Wildman–Crippen LogP) is 2.74. The molecule has 0 aliphatic heterocycles. The molecule has 17 heavy (non-hydrogen) atoms. The standard InChI is InChI=1S/C13H17N3S/c1-10-8-16-13(9-15-10)12(14-2)6-5-11-4-3-7-17-11/h3-4,7-9,12,14H,5-6H2,1-2H3. The Morgan fingerprint density at radius 2 is 2.24 bits per heavy atom. The second kappa shape index (κ2) is 5.89. The molecule has 0 aromatic carbocycles. The van der Waals surface area contributed by atoms with E-state index < -0.39 is 0 Å². The third-order valence-corrected chi connectivity index (χ3v) is 3.70. The van der Waals surface area contributed by atoms with Crippen molar-refractivity contribution in [1.29, 1.82) is 0 Å². The van der Waals surface area contributed by atoms with E-state index >= 15 is 0 Å². The van der Waals surface area contributed by atoms with E-state index in [1.807, 2.05) is 37.7 Å². The average Bonchev–Trinajstić information content (AvgIpc) is 2.85. The maximum Gasteiger partial charge on any atom is 0.0756 e. The van der Waals surface area contributed by atoms with E-state index in [-0.39, 0.29) is 6.04 Å². The van der Waals surface area contributed by atoms with Crippen LogP contribution in [0.3, 0.4) is 0 Å². The van der Waals surface area contributed by atoms with Gasteiger partial charge in [0.1, 0.15) is 0 Å². The van der Waals surface area contributed by atoms with Crippen LogP contribution in [-0.2, 0) is 6.42 Å². The minimum atomic E-state index is 0.283. The molecule has 0 saturated carbocycles. The molecule has 90 valence electrons. The summed E-state index contributed by atoms with van der Waals surface area (Å²) in [4.78, 5) is 10.1. The molecule has 0 radical (unpaired) electrons. The molecular weight excluding hydrogens is 230 g/mol. The van der Waals surface area contributed by atoms with Crippen LogP contribution in [0.4, 0.5) is 0 Å². The lowest BCUT2D eigenvalue weighted by molar-refractivity contribution is 0.535. The molecule has 2 aromatic rings. The highest BCUT2D eigenvalue weighted by atomic mass is 32.1. The van der Waals surface area contributed by atoms with Gasteiger partial charge in [0, 0.05) is 11.1 Å². The summed E-state index contributed by atoms with van der Waals surface area (Å²) in [5, 5.41) is 5.42. The first-order valence-electron chi connectivity index (χ1n) is 5.78. The summed E-state index contributed by atoms with van der Waals surface area (Å²) in [5.74, 6) is 0. The Kier molecular flexibility index (Phi) is 4.23. The van der Waals surface area contributed by atoms with Crippen LogP contribution in [0.15, 0.2) is 29.9 Å². The molecule has 1 N–H and O–H groups in total. The van der Waals surface area contributed by atoms with Crippen molar-refractivity contribution in [3.63, 3.8) is 0 Å². The third-order valence-electron chi connectivity index (χ3n) is 2.77. The normalized spacial score (nSPS) is 12.6. The monoisotopic (exact) mass is 247 g/mol. The predicted molar refractivity (Wildman–Crippen MR) is 71.2 cm³/mol. The molecule has 0 aliphatic rings. The summed E-state index contributed by atoms with van der Waals surface area (Å²) < 4.78 is 0. The van der Waals surface area contributed by atoms with Crippen molar-refractivity contribution < 1.29 is 0 Å². The van der Waals surface area contributed by atoms with Crippen molar-refractivity contribution in [2.75, 3.05) is 7.05 Å². The number of nitrogens with zero attached hydrogens (tertiary/aromatic N) is 2. The number of thiophene rings is 1. The Bertz CT molecular complexity index is 436. The quantitative estimate of drug-likeness (QED) is 0.883. The number of hydrogen-bond donors (Lipinski definition) is 1. The number of rotatable bonds is 5. The fraction of sp³-hybridized carbons (Fsp3) is 0.385. The minimum Gasteiger partial charge on any atom is -0.312 e. The highest BCUT2D eigenvalue weighted by molar-refractivity contribution is 7.09. The molecule has 2 heterocycles. The van der Waals surface area contributed by atoms with E-state index in [2.05, 4.69) is 32.8 Å². The third kappa shape index (κ3) is 3.35. The van der Waals surface area contributed by atoms with Crippen LogP contribution in [0.25, 0.3) is 0 Å². The smallest absolute Gasteiger partial charge is 0.0756 e. The van der Waals surface area contributed by atoms with Crippen LogP contribution in [0.5, 0.6) is 0 Å². The summed E-state index contributed by atoms with van der Waals surface area (Å²) in [5.41, 5.74) is 1.98. The Morgan fingerprint density at radius 1 is 1.35 bits per heavy atom. The zero-order valence-corrected chi connectivity index (χ0v) is 11.0. The van der Waals surface area contributed by atoms with Gasteiger partial charge in [0.25, 0.3) is 0 Å². The van der Waals surface area contributed by atoms with E-state index in [0.717, 1.165) is 24.2 Å². The topological polar surface area (TPSA) is 37.8 Å². The van der Waals surface area contributed by atoms with Gasteiger partial charge in [-0.05, 0) is 38.3 Å². The summed E-state index contributed by atoms with van der Waals surface area (Å²) in [6, 6.07) is 4.56. The van der Waals surface area contributed by atoms with Crippen LogP contribution >= 0.6 is 11.3 Å². The van der Waals surface area contributed by atoms with Gasteiger partial charge in [-0.3, -0.25) is 9.97 Å². The lowest BCUT2D eigenvalue weighted by Gasteiger charge is -2.14. The number of aryl methyl sites for hydroxylation is 2. The molecule has 2 rings (SSSR count). The van der Waals surface area contributed by atoms with Gasteiger partial charge in [0.05, 0.1) is 23.6 Å². The van der Waals surface area contributed by atoms with Gasteiger partial charge in [0.2, 0.25) is 0 Å². The van der Waals surface area contributed by atoms with Crippen molar-refractivity contribution >= 4 is 11.3 Å². The molecular formula is C13H17N3S. The molecule has 3 nitrogen and oxygen atoms in total. The second-order valence-corrected chi connectivity index (χ2v) is 5.07. The highest BCUT2D eigenvalue weighted by Gasteiger charge is 2.11. The Morgan fingerprint density at radius 3 is 2.82 bits per heavy atom. The van der Waals surface area contributed by atoms with Crippen molar-refractivity contribution in [3.05, 3.63) is 46.2 Å². The average molecular weight is 247 g/mol. The van der Waals surface area contributed by atoms with Gasteiger partial charge in [-0.2, -0.15) is 0 Å². The number of hydrogen-bond acceptors (Lipinski definition) is 4. The van der Waals surface area contributed by atoms with Gasteiger partial charge >= 0.3 is 0 Å². The molecule has 0 aliphatic carbocycles.